The molecule has 1 aromatic carbocycles. The van der Waals surface area contributed by atoms with Crippen molar-refractivity contribution in [2.75, 3.05) is 13.2 Å². The van der Waals surface area contributed by atoms with Crippen molar-refractivity contribution in [2.45, 2.75) is 32.6 Å². The minimum Gasteiger partial charge on any atom is -0.493 e. The van der Waals surface area contributed by atoms with E-state index in [0.717, 1.165) is 0 Å². The first-order chi connectivity index (χ1) is 12.0. The van der Waals surface area contributed by atoms with Crippen molar-refractivity contribution in [2.24, 2.45) is 17.5 Å². The molecule has 7 nitrogen and oxygen atoms in total. The van der Waals surface area contributed by atoms with Crippen LogP contribution in [0.15, 0.2) is 29.8 Å². The Labute approximate surface area is 152 Å². The predicted molar refractivity (Wildman–Crippen MR) is 94.7 cm³/mol. The lowest BCUT2D eigenvalue weighted by Crippen LogP contribution is -2.32. The molecule has 0 amide bonds. The van der Waals surface area contributed by atoms with Crippen molar-refractivity contribution < 1.29 is 19.0 Å². The zero-order chi connectivity index (χ0) is 18.2. The van der Waals surface area contributed by atoms with Gasteiger partial charge in [-0.25, -0.2) is 4.79 Å². The van der Waals surface area contributed by atoms with Crippen LogP contribution < -0.4 is 26.5 Å². The fourth-order valence-electron chi connectivity index (χ4n) is 2.65. The summed E-state index contributed by atoms with van der Waals surface area (Å²) in [5.41, 5.74) is 7.80. The van der Waals surface area contributed by atoms with E-state index >= 15 is 0 Å². The average Bonchev–Trinajstić information content (AvgIpc) is 3.10. The zero-order valence-electron chi connectivity index (χ0n) is 14.2. The Bertz CT molecular complexity index is 630. The molecule has 0 saturated heterocycles. The molecule has 0 atom stereocenters. The summed E-state index contributed by atoms with van der Waals surface area (Å²) in [6, 6.07) is 5.04. The second-order valence-corrected chi connectivity index (χ2v) is 6.17. The van der Waals surface area contributed by atoms with Crippen LogP contribution in [0.1, 0.15) is 32.6 Å². The van der Waals surface area contributed by atoms with Gasteiger partial charge in [-0.3, -0.25) is 5.84 Å². The summed E-state index contributed by atoms with van der Waals surface area (Å²) < 4.78 is 16.1. The molecule has 1 saturated carbocycles. The van der Waals surface area contributed by atoms with Gasteiger partial charge in [0.2, 0.25) is 5.88 Å². The van der Waals surface area contributed by atoms with E-state index in [2.05, 4.69) is 5.43 Å². The molecule has 8 heteroatoms. The number of carbonyl (C=O) groups is 1. The highest BCUT2D eigenvalue weighted by molar-refractivity contribution is 6.32. The molecule has 0 spiro atoms. The van der Waals surface area contributed by atoms with Crippen molar-refractivity contribution in [3.05, 3.63) is 34.8 Å². The number of hydrogen-bond donors (Lipinski definition) is 3. The maximum atomic E-state index is 11.8. The zero-order valence-corrected chi connectivity index (χ0v) is 15.0. The highest BCUT2D eigenvalue weighted by Gasteiger charge is 2.18. The molecule has 1 aliphatic rings. The summed E-state index contributed by atoms with van der Waals surface area (Å²) >= 11 is 6.13. The van der Waals surface area contributed by atoms with Crippen LogP contribution in [-0.4, -0.2) is 19.2 Å². The van der Waals surface area contributed by atoms with Crippen molar-refractivity contribution >= 4 is 17.6 Å². The number of rotatable bonds is 8. The normalized spacial score (nSPS) is 15.5. The predicted octanol–water partition coefficient (Wildman–Crippen LogP) is 2.44. The van der Waals surface area contributed by atoms with E-state index in [1.54, 1.807) is 25.1 Å². The number of nitrogens with two attached hydrogens (primary N) is 2. The van der Waals surface area contributed by atoms with Gasteiger partial charge in [-0.15, -0.1) is 0 Å². The van der Waals surface area contributed by atoms with E-state index in [9.17, 15) is 4.79 Å². The fourth-order valence-corrected chi connectivity index (χ4v) is 2.80. The van der Waals surface area contributed by atoms with Gasteiger partial charge in [0.25, 0.3) is 0 Å². The maximum absolute atomic E-state index is 11.8. The van der Waals surface area contributed by atoms with Gasteiger partial charge in [-0.05, 0) is 37.8 Å². The number of carbonyl (C=O) groups excluding carboxylic acids is 1. The summed E-state index contributed by atoms with van der Waals surface area (Å²) in [6.45, 7) is 2.51. The molecule has 0 heterocycles. The number of hydrogen-bond acceptors (Lipinski definition) is 7. The Morgan fingerprint density at radius 2 is 2.08 bits per heavy atom. The molecule has 0 radical (unpaired) electrons. The van der Waals surface area contributed by atoms with E-state index in [-0.39, 0.29) is 23.9 Å². The van der Waals surface area contributed by atoms with E-state index in [0.29, 0.717) is 23.3 Å². The number of esters is 1. The van der Waals surface area contributed by atoms with Gasteiger partial charge in [0.1, 0.15) is 5.75 Å². The standard InChI is InChI=1S/C17H24ClN3O4/c1-2-23-17(22)15(21-20)16(19)25-14-9-12(7-8-13(14)18)24-10-11-5-3-4-6-11/h7-9,11,21H,2-6,10,19-20H2,1H3/b16-15+. The Morgan fingerprint density at radius 3 is 2.72 bits per heavy atom. The lowest BCUT2D eigenvalue weighted by molar-refractivity contribution is -0.139. The summed E-state index contributed by atoms with van der Waals surface area (Å²) in [6.07, 6.45) is 4.90. The quantitative estimate of drug-likeness (QED) is 0.212. The molecule has 138 valence electrons. The number of nitrogens with one attached hydrogen (secondary N) is 1. The van der Waals surface area contributed by atoms with E-state index < -0.39 is 5.97 Å². The minimum atomic E-state index is -0.715. The Hall–Kier alpha value is -2.12. The van der Waals surface area contributed by atoms with Crippen molar-refractivity contribution in [1.82, 2.24) is 5.43 Å². The molecule has 0 unspecified atom stereocenters. The lowest BCUT2D eigenvalue weighted by atomic mass is 10.1. The Balaban J connectivity index is 2.09. The van der Waals surface area contributed by atoms with Gasteiger partial charge in [0.05, 0.1) is 18.2 Å². The molecule has 5 N–H and O–H groups in total. The van der Waals surface area contributed by atoms with Gasteiger partial charge in [0.15, 0.2) is 11.4 Å². The third kappa shape index (κ3) is 5.44. The molecule has 25 heavy (non-hydrogen) atoms. The summed E-state index contributed by atoms with van der Waals surface area (Å²) in [4.78, 5) is 11.8. The van der Waals surface area contributed by atoms with Crippen LogP contribution in [0.2, 0.25) is 5.02 Å². The maximum Gasteiger partial charge on any atom is 0.361 e. The largest absolute Gasteiger partial charge is 0.493 e. The summed E-state index contributed by atoms with van der Waals surface area (Å²) in [5, 5.41) is 0.330. The van der Waals surface area contributed by atoms with Crippen molar-refractivity contribution in [3.8, 4) is 11.5 Å². The average molecular weight is 370 g/mol. The Kier molecular flexibility index (Phi) is 7.21. The summed E-state index contributed by atoms with van der Waals surface area (Å²) in [7, 11) is 0. The van der Waals surface area contributed by atoms with Crippen LogP contribution in [-0.2, 0) is 9.53 Å². The van der Waals surface area contributed by atoms with Crippen molar-refractivity contribution in [1.29, 1.82) is 0 Å². The number of halogens is 1. The molecule has 0 aliphatic heterocycles. The van der Waals surface area contributed by atoms with Crippen LogP contribution in [0.25, 0.3) is 0 Å². The van der Waals surface area contributed by atoms with Gasteiger partial charge < -0.3 is 25.4 Å². The first-order valence-electron chi connectivity index (χ1n) is 8.28. The minimum absolute atomic E-state index is 0.183. The van der Waals surface area contributed by atoms with E-state index in [1.165, 1.54) is 25.7 Å². The summed E-state index contributed by atoms with van der Waals surface area (Å²) in [5.74, 6) is 5.83. The molecular weight excluding hydrogens is 346 g/mol. The molecular formula is C17H24ClN3O4. The number of hydrazine groups is 1. The van der Waals surface area contributed by atoms with Gasteiger partial charge in [-0.2, -0.15) is 0 Å². The number of benzene rings is 1. The van der Waals surface area contributed by atoms with E-state index in [1.807, 2.05) is 0 Å². The van der Waals surface area contributed by atoms with E-state index in [4.69, 9.17) is 37.4 Å². The molecule has 1 fully saturated rings. The first-order valence-corrected chi connectivity index (χ1v) is 8.66. The van der Waals surface area contributed by atoms with Gasteiger partial charge in [0, 0.05) is 6.07 Å². The van der Waals surface area contributed by atoms with Crippen LogP contribution in [0.4, 0.5) is 0 Å². The van der Waals surface area contributed by atoms with Crippen LogP contribution in [0, 0.1) is 5.92 Å². The SMILES string of the molecule is CCOC(=O)/C(NN)=C(/N)Oc1cc(OCC2CCCC2)ccc1Cl. The van der Waals surface area contributed by atoms with Crippen LogP contribution in [0.5, 0.6) is 11.5 Å². The second-order valence-electron chi connectivity index (χ2n) is 5.76. The molecule has 1 aromatic rings. The highest BCUT2D eigenvalue weighted by Crippen LogP contribution is 2.31. The topological polar surface area (TPSA) is 109 Å². The fraction of sp³-hybridized carbons (Fsp3) is 0.471. The molecule has 0 bridgehead atoms. The first kappa shape index (κ1) is 19.2. The smallest absolute Gasteiger partial charge is 0.361 e. The lowest BCUT2D eigenvalue weighted by Gasteiger charge is -2.15. The Morgan fingerprint density at radius 1 is 1.36 bits per heavy atom. The van der Waals surface area contributed by atoms with Crippen molar-refractivity contribution in [3.63, 3.8) is 0 Å². The van der Waals surface area contributed by atoms with Gasteiger partial charge >= 0.3 is 5.97 Å². The monoisotopic (exact) mass is 369 g/mol. The third-order valence-corrected chi connectivity index (χ3v) is 4.27. The molecule has 0 aromatic heterocycles. The number of ether oxygens (including phenoxy) is 3. The second kappa shape index (κ2) is 9.39. The van der Waals surface area contributed by atoms with Crippen LogP contribution in [0.3, 0.4) is 0 Å². The molecule has 2 rings (SSSR count). The van der Waals surface area contributed by atoms with Gasteiger partial charge in [-0.1, -0.05) is 24.4 Å². The van der Waals surface area contributed by atoms with Crippen LogP contribution >= 0.6 is 11.6 Å². The third-order valence-electron chi connectivity index (χ3n) is 3.95. The molecule has 1 aliphatic carbocycles. The highest BCUT2D eigenvalue weighted by atomic mass is 35.5.